The predicted octanol–water partition coefficient (Wildman–Crippen LogP) is 0.983. The average molecular weight is 240 g/mol. The Kier molecular flexibility index (Phi) is 7.67. The van der Waals surface area contributed by atoms with Crippen molar-refractivity contribution in [2.24, 2.45) is 5.73 Å². The van der Waals surface area contributed by atoms with Gasteiger partial charge in [0.25, 0.3) is 11.8 Å². The van der Waals surface area contributed by atoms with Gasteiger partial charge >= 0.3 is 0 Å². The molecule has 3 amide bonds. The van der Waals surface area contributed by atoms with Gasteiger partial charge in [-0.3, -0.25) is 19.3 Å². The minimum absolute atomic E-state index is 0.255. The second-order valence-corrected chi connectivity index (χ2v) is 3.44. The lowest BCUT2D eigenvalue weighted by Gasteiger charge is -2.12. The molecule has 1 aliphatic heterocycles. The van der Waals surface area contributed by atoms with E-state index in [0.29, 0.717) is 25.8 Å². The molecule has 0 bridgehead atoms. The zero-order valence-corrected chi connectivity index (χ0v) is 10.4. The molecule has 0 aliphatic carbocycles. The fraction of sp³-hybridized carbons (Fsp3) is 0.583. The highest BCUT2D eigenvalue weighted by Gasteiger charge is 2.21. The third-order valence-electron chi connectivity index (χ3n) is 2.21. The summed E-state index contributed by atoms with van der Waals surface area (Å²) < 4.78 is 0. The summed E-state index contributed by atoms with van der Waals surface area (Å²) in [6.07, 6.45) is 5.11. The van der Waals surface area contributed by atoms with Crippen LogP contribution in [0, 0.1) is 0 Å². The Morgan fingerprint density at radius 2 is 1.65 bits per heavy atom. The second kappa shape index (κ2) is 8.50. The van der Waals surface area contributed by atoms with E-state index >= 15 is 0 Å². The number of unbranched alkanes of at least 4 members (excludes halogenated alkanes) is 2. The van der Waals surface area contributed by atoms with Gasteiger partial charge in [-0.15, -0.1) is 0 Å². The summed E-state index contributed by atoms with van der Waals surface area (Å²) in [5.74, 6) is -0.824. The van der Waals surface area contributed by atoms with Crippen molar-refractivity contribution in [1.29, 1.82) is 0 Å². The van der Waals surface area contributed by atoms with Gasteiger partial charge in [0.15, 0.2) is 0 Å². The van der Waals surface area contributed by atoms with Crippen molar-refractivity contribution >= 4 is 17.7 Å². The molecule has 0 unspecified atom stereocenters. The lowest BCUT2D eigenvalue weighted by atomic mass is 10.2. The van der Waals surface area contributed by atoms with E-state index in [2.05, 4.69) is 0 Å². The first-order valence-corrected chi connectivity index (χ1v) is 5.93. The molecule has 0 fully saturated rings. The van der Waals surface area contributed by atoms with E-state index in [4.69, 9.17) is 5.73 Å². The van der Waals surface area contributed by atoms with E-state index in [-0.39, 0.29) is 17.7 Å². The summed E-state index contributed by atoms with van der Waals surface area (Å²) in [7, 11) is 0. The van der Waals surface area contributed by atoms with Crippen molar-refractivity contribution in [3.05, 3.63) is 12.2 Å². The third-order valence-corrected chi connectivity index (χ3v) is 2.21. The quantitative estimate of drug-likeness (QED) is 0.555. The fourth-order valence-electron chi connectivity index (χ4n) is 1.40. The molecule has 2 N–H and O–H groups in total. The molecule has 0 spiro atoms. The summed E-state index contributed by atoms with van der Waals surface area (Å²) >= 11 is 0. The maximum atomic E-state index is 11.1. The van der Waals surface area contributed by atoms with E-state index < -0.39 is 0 Å². The minimum atomic E-state index is -0.315. The lowest BCUT2D eigenvalue weighted by molar-refractivity contribution is -0.136. The zero-order valence-electron chi connectivity index (χ0n) is 10.4. The number of rotatable bonds is 6. The van der Waals surface area contributed by atoms with Crippen LogP contribution >= 0.6 is 0 Å². The van der Waals surface area contributed by atoms with Crippen LogP contribution in [0.2, 0.25) is 0 Å². The highest BCUT2D eigenvalue weighted by atomic mass is 16.2. The Balaban J connectivity index is 0.00000121. The SMILES string of the molecule is CC.NC(=O)CCCCCN1C(=O)C=CC1=O. The summed E-state index contributed by atoms with van der Waals surface area (Å²) in [4.78, 5) is 33.8. The number of primary amides is 1. The monoisotopic (exact) mass is 240 g/mol. The van der Waals surface area contributed by atoms with E-state index in [0.717, 1.165) is 6.42 Å². The Bertz CT molecular complexity index is 293. The lowest BCUT2D eigenvalue weighted by Crippen LogP contribution is -2.30. The first-order valence-electron chi connectivity index (χ1n) is 5.93. The van der Waals surface area contributed by atoms with Crippen molar-refractivity contribution in [2.45, 2.75) is 39.5 Å². The van der Waals surface area contributed by atoms with Crippen molar-refractivity contribution in [2.75, 3.05) is 6.54 Å². The molecular formula is C12H20N2O3. The van der Waals surface area contributed by atoms with E-state index in [9.17, 15) is 14.4 Å². The van der Waals surface area contributed by atoms with Gasteiger partial charge in [0.1, 0.15) is 0 Å². The minimum Gasteiger partial charge on any atom is -0.370 e. The van der Waals surface area contributed by atoms with Gasteiger partial charge < -0.3 is 5.73 Å². The van der Waals surface area contributed by atoms with Gasteiger partial charge in [0.05, 0.1) is 0 Å². The Morgan fingerprint density at radius 1 is 1.12 bits per heavy atom. The maximum absolute atomic E-state index is 11.1. The number of carbonyl (C=O) groups is 3. The van der Waals surface area contributed by atoms with Crippen LogP contribution in [0.5, 0.6) is 0 Å². The summed E-state index contributed by atoms with van der Waals surface area (Å²) in [6, 6.07) is 0. The maximum Gasteiger partial charge on any atom is 0.253 e. The van der Waals surface area contributed by atoms with E-state index in [1.807, 2.05) is 13.8 Å². The molecule has 5 nitrogen and oxygen atoms in total. The highest BCUT2D eigenvalue weighted by Crippen LogP contribution is 2.07. The van der Waals surface area contributed by atoms with Crippen LogP contribution in [-0.2, 0) is 14.4 Å². The summed E-state index contributed by atoms with van der Waals surface area (Å²) in [6.45, 7) is 4.42. The van der Waals surface area contributed by atoms with Gasteiger partial charge in [0.2, 0.25) is 5.91 Å². The number of carbonyl (C=O) groups excluding carboxylic acids is 3. The van der Waals surface area contributed by atoms with Gasteiger partial charge in [-0.2, -0.15) is 0 Å². The Labute approximate surface area is 102 Å². The average Bonchev–Trinajstić information content (AvgIpc) is 2.62. The largest absolute Gasteiger partial charge is 0.370 e. The first-order chi connectivity index (χ1) is 8.11. The normalized spacial score (nSPS) is 13.6. The van der Waals surface area contributed by atoms with Crippen LogP contribution in [0.15, 0.2) is 12.2 Å². The number of hydrogen-bond acceptors (Lipinski definition) is 3. The predicted molar refractivity (Wildman–Crippen MR) is 64.9 cm³/mol. The smallest absolute Gasteiger partial charge is 0.253 e. The molecule has 0 aromatic carbocycles. The van der Waals surface area contributed by atoms with E-state index in [1.54, 1.807) is 0 Å². The number of nitrogens with two attached hydrogens (primary N) is 1. The molecule has 5 heteroatoms. The molecule has 1 aliphatic rings. The Morgan fingerprint density at radius 3 is 2.12 bits per heavy atom. The molecule has 0 aromatic heterocycles. The number of amides is 3. The molecule has 1 heterocycles. The van der Waals surface area contributed by atoms with Crippen molar-refractivity contribution < 1.29 is 14.4 Å². The molecule has 1 rings (SSSR count). The molecular weight excluding hydrogens is 220 g/mol. The standard InChI is InChI=1S/C10H14N2O3.C2H6/c11-8(13)4-2-1-3-7-12-9(14)5-6-10(12)15;1-2/h5-6H,1-4,7H2,(H2,11,13);1-2H3. The van der Waals surface area contributed by atoms with Crippen LogP contribution < -0.4 is 5.73 Å². The third kappa shape index (κ3) is 5.85. The van der Waals surface area contributed by atoms with Crippen LogP contribution in [0.4, 0.5) is 0 Å². The molecule has 0 saturated carbocycles. The molecule has 96 valence electrons. The van der Waals surface area contributed by atoms with Crippen LogP contribution in [0.25, 0.3) is 0 Å². The second-order valence-electron chi connectivity index (χ2n) is 3.44. The number of imide groups is 1. The molecule has 0 atom stereocenters. The van der Waals surface area contributed by atoms with Crippen LogP contribution in [0.3, 0.4) is 0 Å². The highest BCUT2D eigenvalue weighted by molar-refractivity contribution is 6.12. The van der Waals surface area contributed by atoms with Crippen LogP contribution in [-0.4, -0.2) is 29.2 Å². The molecule has 0 aromatic rings. The van der Waals surface area contributed by atoms with Gasteiger partial charge in [-0.25, -0.2) is 0 Å². The van der Waals surface area contributed by atoms with Crippen LogP contribution in [0.1, 0.15) is 39.5 Å². The van der Waals surface area contributed by atoms with Gasteiger partial charge in [-0.05, 0) is 12.8 Å². The van der Waals surface area contributed by atoms with Crippen molar-refractivity contribution in [3.63, 3.8) is 0 Å². The fourth-order valence-corrected chi connectivity index (χ4v) is 1.40. The summed E-state index contributed by atoms with van der Waals surface area (Å²) in [5.41, 5.74) is 4.97. The van der Waals surface area contributed by atoms with Crippen molar-refractivity contribution in [1.82, 2.24) is 4.90 Å². The number of nitrogens with zero attached hydrogens (tertiary/aromatic N) is 1. The number of hydrogen-bond donors (Lipinski definition) is 1. The topological polar surface area (TPSA) is 80.5 Å². The van der Waals surface area contributed by atoms with Gasteiger partial charge in [-0.1, -0.05) is 20.3 Å². The zero-order chi connectivity index (χ0) is 13.3. The van der Waals surface area contributed by atoms with E-state index in [1.165, 1.54) is 17.1 Å². The molecule has 0 saturated heterocycles. The molecule has 17 heavy (non-hydrogen) atoms. The van der Waals surface area contributed by atoms with Gasteiger partial charge in [0, 0.05) is 25.1 Å². The first kappa shape index (κ1) is 15.3. The van der Waals surface area contributed by atoms with Crippen molar-refractivity contribution in [3.8, 4) is 0 Å². The summed E-state index contributed by atoms with van der Waals surface area (Å²) in [5, 5.41) is 0. The Hall–Kier alpha value is -1.65. The molecule has 0 radical (unpaired) electrons.